The van der Waals surface area contributed by atoms with E-state index in [9.17, 15) is 14.4 Å². The van der Waals surface area contributed by atoms with E-state index in [4.69, 9.17) is 9.47 Å². The van der Waals surface area contributed by atoms with Crippen LogP contribution in [-0.2, 0) is 0 Å². The minimum Gasteiger partial charge on any atom is -0.496 e. The Labute approximate surface area is 163 Å². The summed E-state index contributed by atoms with van der Waals surface area (Å²) in [5.74, 6) is 0.437. The lowest BCUT2D eigenvalue weighted by Gasteiger charge is -2.37. The molecule has 0 aliphatic carbocycles. The molecule has 1 atom stereocenters. The van der Waals surface area contributed by atoms with Crippen LogP contribution in [0.5, 0.6) is 11.5 Å². The zero-order valence-electron chi connectivity index (χ0n) is 15.9. The van der Waals surface area contributed by atoms with Crippen molar-refractivity contribution in [3.63, 3.8) is 0 Å². The molecule has 6 nitrogen and oxygen atoms in total. The van der Waals surface area contributed by atoms with Crippen molar-refractivity contribution in [2.75, 3.05) is 40.4 Å². The maximum Gasteiger partial charge on any atom is 0.261 e. The van der Waals surface area contributed by atoms with Gasteiger partial charge in [-0.05, 0) is 29.8 Å². The molecule has 1 amide bonds. The quantitative estimate of drug-likeness (QED) is 0.794. The highest BCUT2D eigenvalue weighted by Crippen LogP contribution is 2.30. The Morgan fingerprint density at radius 3 is 2.11 bits per heavy atom. The predicted octanol–water partition coefficient (Wildman–Crippen LogP) is 2.87. The Hall–Kier alpha value is -3.11. The molecule has 2 aromatic carbocycles. The van der Waals surface area contributed by atoms with Crippen molar-refractivity contribution in [2.45, 2.75) is 6.04 Å². The Bertz CT molecular complexity index is 849. The molecule has 1 unspecified atom stereocenters. The van der Waals surface area contributed by atoms with Crippen molar-refractivity contribution < 1.29 is 18.7 Å². The molecule has 1 heterocycles. The smallest absolute Gasteiger partial charge is 0.261 e. The maximum atomic E-state index is 13.2. The minimum atomic E-state index is -0.473. The SMILES string of the molecule is COc1cccc(OC)c1C(=O)N1CCN(C(C#N)c2ccc(F)cc2)CC1. The standard InChI is InChI=1S/C21H22FN3O3/c1-27-18-4-3-5-19(28-2)20(18)21(26)25-12-10-24(11-13-25)17(14-23)15-6-8-16(22)9-7-15/h3-9,17H,10-13H2,1-2H3. The highest BCUT2D eigenvalue weighted by Gasteiger charge is 2.30. The molecule has 7 heteroatoms. The summed E-state index contributed by atoms with van der Waals surface area (Å²) in [7, 11) is 3.04. The molecule has 28 heavy (non-hydrogen) atoms. The number of nitrogens with zero attached hydrogens (tertiary/aromatic N) is 3. The van der Waals surface area contributed by atoms with Crippen molar-refractivity contribution in [3.8, 4) is 17.6 Å². The summed E-state index contributed by atoms with van der Waals surface area (Å²) >= 11 is 0. The monoisotopic (exact) mass is 383 g/mol. The van der Waals surface area contributed by atoms with Crippen LogP contribution in [-0.4, -0.2) is 56.1 Å². The van der Waals surface area contributed by atoms with Gasteiger partial charge in [0.1, 0.15) is 28.9 Å². The fraction of sp³-hybridized carbons (Fsp3) is 0.333. The Morgan fingerprint density at radius 1 is 1.04 bits per heavy atom. The first-order valence-electron chi connectivity index (χ1n) is 8.98. The summed E-state index contributed by atoms with van der Waals surface area (Å²) in [5.41, 5.74) is 1.14. The van der Waals surface area contributed by atoms with Gasteiger partial charge in [0, 0.05) is 26.2 Å². The molecule has 0 aromatic heterocycles. The minimum absolute atomic E-state index is 0.163. The Balaban J connectivity index is 1.72. The number of hydrogen-bond donors (Lipinski definition) is 0. The summed E-state index contributed by atoms with van der Waals surface area (Å²) in [6.45, 7) is 2.02. The van der Waals surface area contributed by atoms with Gasteiger partial charge in [-0.1, -0.05) is 18.2 Å². The fourth-order valence-corrected chi connectivity index (χ4v) is 3.42. The van der Waals surface area contributed by atoms with Crippen LogP contribution in [0.1, 0.15) is 22.0 Å². The second-order valence-electron chi connectivity index (χ2n) is 6.45. The predicted molar refractivity (Wildman–Crippen MR) is 102 cm³/mol. The lowest BCUT2D eigenvalue weighted by molar-refractivity contribution is 0.0600. The number of halogens is 1. The first kappa shape index (κ1) is 19.6. The van der Waals surface area contributed by atoms with Crippen molar-refractivity contribution in [3.05, 3.63) is 59.4 Å². The second kappa shape index (κ2) is 8.72. The number of rotatable bonds is 5. The van der Waals surface area contributed by atoms with Crippen LogP contribution in [0.25, 0.3) is 0 Å². The van der Waals surface area contributed by atoms with E-state index in [1.165, 1.54) is 26.4 Å². The Morgan fingerprint density at radius 2 is 1.61 bits per heavy atom. The van der Waals surface area contributed by atoms with Crippen molar-refractivity contribution in [1.82, 2.24) is 9.80 Å². The summed E-state index contributed by atoms with van der Waals surface area (Å²) in [6, 6.07) is 13.0. The first-order chi connectivity index (χ1) is 13.6. The lowest BCUT2D eigenvalue weighted by atomic mass is 10.1. The van der Waals surface area contributed by atoms with Gasteiger partial charge in [-0.3, -0.25) is 9.69 Å². The molecule has 2 aromatic rings. The van der Waals surface area contributed by atoms with E-state index in [0.29, 0.717) is 43.2 Å². The molecule has 1 saturated heterocycles. The van der Waals surface area contributed by atoms with Gasteiger partial charge < -0.3 is 14.4 Å². The van der Waals surface area contributed by atoms with Crippen LogP contribution < -0.4 is 9.47 Å². The molecule has 0 bridgehead atoms. The largest absolute Gasteiger partial charge is 0.496 e. The van der Waals surface area contributed by atoms with Gasteiger partial charge in [0.15, 0.2) is 0 Å². The van der Waals surface area contributed by atoms with Gasteiger partial charge in [0.2, 0.25) is 0 Å². The average molecular weight is 383 g/mol. The van der Waals surface area contributed by atoms with E-state index >= 15 is 0 Å². The molecular weight excluding hydrogens is 361 g/mol. The van der Waals surface area contributed by atoms with Gasteiger partial charge >= 0.3 is 0 Å². The highest BCUT2D eigenvalue weighted by atomic mass is 19.1. The third kappa shape index (κ3) is 3.92. The van der Waals surface area contributed by atoms with Crippen LogP contribution in [0.3, 0.4) is 0 Å². The number of hydrogen-bond acceptors (Lipinski definition) is 5. The van der Waals surface area contributed by atoms with E-state index in [1.807, 2.05) is 4.90 Å². The summed E-state index contributed by atoms with van der Waals surface area (Å²) in [5, 5.41) is 9.59. The molecule has 3 rings (SSSR count). The van der Waals surface area contributed by atoms with Crippen molar-refractivity contribution in [2.24, 2.45) is 0 Å². The zero-order chi connectivity index (χ0) is 20.1. The van der Waals surface area contributed by atoms with Gasteiger partial charge in [-0.15, -0.1) is 0 Å². The molecule has 0 radical (unpaired) electrons. The van der Waals surface area contributed by atoms with E-state index in [1.54, 1.807) is 35.2 Å². The van der Waals surface area contributed by atoms with Crippen molar-refractivity contribution in [1.29, 1.82) is 5.26 Å². The number of nitriles is 1. The number of amides is 1. The molecule has 0 N–H and O–H groups in total. The van der Waals surface area contributed by atoms with Crippen molar-refractivity contribution >= 4 is 5.91 Å². The van der Waals surface area contributed by atoms with E-state index in [2.05, 4.69) is 6.07 Å². The fourth-order valence-electron chi connectivity index (χ4n) is 3.42. The molecule has 0 spiro atoms. The molecular formula is C21H22FN3O3. The van der Waals surface area contributed by atoms with Crippen LogP contribution in [0.2, 0.25) is 0 Å². The summed E-state index contributed by atoms with van der Waals surface area (Å²) in [6.07, 6.45) is 0. The van der Waals surface area contributed by atoms with Gasteiger partial charge in [-0.25, -0.2) is 4.39 Å². The number of benzene rings is 2. The first-order valence-corrected chi connectivity index (χ1v) is 8.98. The molecule has 0 saturated carbocycles. The van der Waals surface area contributed by atoms with Crippen LogP contribution in [0, 0.1) is 17.1 Å². The van der Waals surface area contributed by atoms with Crippen LogP contribution in [0.15, 0.2) is 42.5 Å². The third-order valence-corrected chi connectivity index (χ3v) is 4.92. The number of piperazine rings is 1. The maximum absolute atomic E-state index is 13.2. The number of ether oxygens (including phenoxy) is 2. The van der Waals surface area contributed by atoms with Crippen LogP contribution in [0.4, 0.5) is 4.39 Å². The molecule has 1 fully saturated rings. The van der Waals surface area contributed by atoms with Gasteiger partial charge in [-0.2, -0.15) is 5.26 Å². The summed E-state index contributed by atoms with van der Waals surface area (Å²) < 4.78 is 23.8. The average Bonchev–Trinajstić information content (AvgIpc) is 2.75. The number of carbonyl (C=O) groups excluding carboxylic acids is 1. The number of carbonyl (C=O) groups is 1. The summed E-state index contributed by atoms with van der Waals surface area (Å²) in [4.78, 5) is 16.8. The molecule has 1 aliphatic rings. The van der Waals surface area contributed by atoms with E-state index < -0.39 is 6.04 Å². The van der Waals surface area contributed by atoms with Gasteiger partial charge in [0.05, 0.1) is 20.3 Å². The Kier molecular flexibility index (Phi) is 6.12. The number of methoxy groups -OCH3 is 2. The van der Waals surface area contributed by atoms with Gasteiger partial charge in [0.25, 0.3) is 5.91 Å². The molecule has 1 aliphatic heterocycles. The third-order valence-electron chi connectivity index (χ3n) is 4.92. The molecule has 146 valence electrons. The highest BCUT2D eigenvalue weighted by molar-refractivity contribution is 5.99. The second-order valence-corrected chi connectivity index (χ2v) is 6.45. The normalized spacial score (nSPS) is 15.6. The van der Waals surface area contributed by atoms with Crippen LogP contribution >= 0.6 is 0 Å². The van der Waals surface area contributed by atoms with E-state index in [0.717, 1.165) is 5.56 Å². The topological polar surface area (TPSA) is 65.8 Å². The van der Waals surface area contributed by atoms with E-state index in [-0.39, 0.29) is 11.7 Å². The lowest BCUT2D eigenvalue weighted by Crippen LogP contribution is -2.49. The zero-order valence-corrected chi connectivity index (χ0v) is 15.9.